The second-order valence-corrected chi connectivity index (χ2v) is 26.3. The number of benzene rings is 3. The van der Waals surface area contributed by atoms with Gasteiger partial charge < -0.3 is 24.0 Å². The second kappa shape index (κ2) is 19.4. The Morgan fingerprint density at radius 3 is 0.978 bits per heavy atom. The molecule has 0 bridgehead atoms. The van der Waals surface area contributed by atoms with Gasteiger partial charge in [0.05, 0.1) is 0 Å². The van der Waals surface area contributed by atoms with Crippen LogP contribution >= 0.6 is 31.9 Å². The lowest BCUT2D eigenvalue weighted by atomic mass is 9.80. The number of aromatic hydroxyl groups is 1. The minimum Gasteiger partial charge on any atom is -0.543 e. The summed E-state index contributed by atoms with van der Waals surface area (Å²) >= 11 is 6.70. The van der Waals surface area contributed by atoms with Crippen LogP contribution in [-0.2, 0) is 0 Å². The maximum Gasteiger partial charge on any atom is 0.488 e. The molecule has 3 N–H and O–H groups in total. The first kappa shape index (κ1) is 42.5. The molecule has 0 spiro atoms. The maximum atomic E-state index is 9.14. The lowest BCUT2D eigenvalue weighted by Gasteiger charge is -2.42. The van der Waals surface area contributed by atoms with E-state index in [0.29, 0.717) is 44.5 Å². The first-order chi connectivity index (χ1) is 21.3. The van der Waals surface area contributed by atoms with Crippen LogP contribution in [0.4, 0.5) is 0 Å². The van der Waals surface area contributed by atoms with Gasteiger partial charge in [0.2, 0.25) is 0 Å². The van der Waals surface area contributed by atoms with Crippen molar-refractivity contribution in [3.8, 4) is 17.2 Å². The Balaban J connectivity index is 0.000000373. The van der Waals surface area contributed by atoms with E-state index < -0.39 is 23.8 Å². The summed E-state index contributed by atoms with van der Waals surface area (Å²) in [5, 5.41) is 27.0. The van der Waals surface area contributed by atoms with Crippen molar-refractivity contribution in [2.75, 3.05) is 0 Å². The van der Waals surface area contributed by atoms with E-state index >= 15 is 0 Å². The molecule has 0 radical (unpaired) electrons. The normalized spacial score (nSPS) is 11.9. The summed E-state index contributed by atoms with van der Waals surface area (Å²) in [6.07, 6.45) is 0. The largest absolute Gasteiger partial charge is 0.543 e. The Morgan fingerprint density at radius 1 is 0.478 bits per heavy atom. The Labute approximate surface area is 298 Å². The standard InChI is InChI=1S/C15H27BO3Si.C15H25BrOSi.C6H5BrO/c1-11(2)20(12(3)4,13(5)6)19-15-9-7-14(8-10-15)16(17)18;1-11(2)18(12(3)4,13(5)6)17-15-9-7-14(16)8-10-15;7-5-1-3-6(8)4-2-5/h7-13,17-18H,1-6H3;7-13H,1-6H3;1-4,8H. The highest BCUT2D eigenvalue weighted by Gasteiger charge is 2.48. The molecule has 3 aromatic rings. The number of hydrogen-bond acceptors (Lipinski definition) is 5. The van der Waals surface area contributed by atoms with Gasteiger partial charge in [0.25, 0.3) is 16.6 Å². The smallest absolute Gasteiger partial charge is 0.488 e. The lowest BCUT2D eigenvalue weighted by molar-refractivity contribution is 0.425. The van der Waals surface area contributed by atoms with E-state index in [1.165, 1.54) is 0 Å². The molecule has 5 nitrogen and oxygen atoms in total. The molecule has 0 aliphatic rings. The fourth-order valence-electron chi connectivity index (χ4n) is 6.77. The minimum absolute atomic E-state index is 0.299. The van der Waals surface area contributed by atoms with Crippen molar-refractivity contribution in [1.29, 1.82) is 0 Å². The van der Waals surface area contributed by atoms with E-state index in [0.717, 1.165) is 20.4 Å². The van der Waals surface area contributed by atoms with Crippen LogP contribution < -0.4 is 14.3 Å². The van der Waals surface area contributed by atoms with Gasteiger partial charge >= 0.3 is 7.12 Å². The molecule has 0 aliphatic carbocycles. The van der Waals surface area contributed by atoms with E-state index in [9.17, 15) is 0 Å². The molecular formula is C36H57BBr2O5Si2. The van der Waals surface area contributed by atoms with E-state index in [-0.39, 0.29) is 0 Å². The number of hydrogen-bond donors (Lipinski definition) is 3. The molecule has 0 heterocycles. The average Bonchev–Trinajstić information content (AvgIpc) is 2.97. The topological polar surface area (TPSA) is 79.2 Å². The van der Waals surface area contributed by atoms with Crippen molar-refractivity contribution in [1.82, 2.24) is 0 Å². The van der Waals surface area contributed by atoms with Crippen LogP contribution in [0, 0.1) is 0 Å². The van der Waals surface area contributed by atoms with Gasteiger partial charge in [-0.3, -0.25) is 0 Å². The Morgan fingerprint density at radius 2 is 0.739 bits per heavy atom. The SMILES string of the molecule is CC(C)[Si](Oc1ccc(B(O)O)cc1)(C(C)C)C(C)C.CC(C)[Si](Oc1ccc(Br)cc1)(C(C)C)C(C)C.Oc1ccc(Br)cc1. The lowest BCUT2D eigenvalue weighted by Crippen LogP contribution is -2.50. The summed E-state index contributed by atoms with van der Waals surface area (Å²) in [6, 6.07) is 22.2. The molecule has 10 heteroatoms. The van der Waals surface area contributed by atoms with Gasteiger partial charge in [-0.25, -0.2) is 0 Å². The third kappa shape index (κ3) is 11.8. The minimum atomic E-state index is -1.94. The van der Waals surface area contributed by atoms with Crippen molar-refractivity contribution < 1.29 is 24.0 Å². The van der Waals surface area contributed by atoms with Gasteiger partial charge in [0, 0.05) is 8.95 Å². The second-order valence-electron chi connectivity index (χ2n) is 13.7. The van der Waals surface area contributed by atoms with Crippen molar-refractivity contribution in [2.24, 2.45) is 0 Å². The van der Waals surface area contributed by atoms with Crippen molar-refractivity contribution in [3.05, 3.63) is 81.7 Å². The molecule has 0 amide bonds. The van der Waals surface area contributed by atoms with Crippen LogP contribution in [0.5, 0.6) is 17.2 Å². The van der Waals surface area contributed by atoms with Crippen LogP contribution in [0.1, 0.15) is 83.1 Å². The molecule has 0 aromatic heterocycles. The van der Waals surface area contributed by atoms with E-state index in [2.05, 4.69) is 139 Å². The summed E-state index contributed by atoms with van der Waals surface area (Å²) in [5.41, 5.74) is 3.88. The molecule has 0 fully saturated rings. The van der Waals surface area contributed by atoms with E-state index in [1.54, 1.807) is 36.4 Å². The third-order valence-electron chi connectivity index (χ3n) is 8.82. The zero-order valence-electron chi connectivity index (χ0n) is 29.9. The van der Waals surface area contributed by atoms with Gasteiger partial charge in [-0.15, -0.1) is 0 Å². The molecular weight excluding hydrogens is 739 g/mol. The fraction of sp³-hybridized carbons (Fsp3) is 0.500. The van der Waals surface area contributed by atoms with Crippen LogP contribution in [0.3, 0.4) is 0 Å². The number of phenols is 1. The van der Waals surface area contributed by atoms with Gasteiger partial charge in [-0.1, -0.05) is 127 Å². The molecule has 0 unspecified atom stereocenters. The summed E-state index contributed by atoms with van der Waals surface area (Å²) in [5.74, 6) is 2.14. The summed E-state index contributed by atoms with van der Waals surface area (Å²) in [4.78, 5) is 0. The maximum absolute atomic E-state index is 9.14. The van der Waals surface area contributed by atoms with Crippen LogP contribution in [0.2, 0.25) is 33.2 Å². The Kier molecular flexibility index (Phi) is 17.9. The zero-order chi connectivity index (χ0) is 35.4. The molecule has 0 saturated heterocycles. The third-order valence-corrected chi connectivity index (χ3v) is 21.9. The number of halogens is 2. The summed E-state index contributed by atoms with van der Waals surface area (Å²) < 4.78 is 15.1. The summed E-state index contributed by atoms with van der Waals surface area (Å²) in [6.45, 7) is 27.4. The quantitative estimate of drug-likeness (QED) is 0.168. The van der Waals surface area contributed by atoms with Gasteiger partial charge in [0.15, 0.2) is 0 Å². The highest BCUT2D eigenvalue weighted by atomic mass is 79.9. The Bertz CT molecular complexity index is 1200. The van der Waals surface area contributed by atoms with Crippen LogP contribution in [0.15, 0.2) is 81.7 Å². The van der Waals surface area contributed by atoms with Crippen molar-refractivity contribution in [3.63, 3.8) is 0 Å². The molecule has 3 aromatic carbocycles. The first-order valence-electron chi connectivity index (χ1n) is 16.3. The predicted octanol–water partition coefficient (Wildman–Crippen LogP) is 11.1. The molecule has 46 heavy (non-hydrogen) atoms. The van der Waals surface area contributed by atoms with Gasteiger partial charge in [0.1, 0.15) is 17.2 Å². The summed E-state index contributed by atoms with van der Waals surface area (Å²) in [7, 11) is -5.16. The van der Waals surface area contributed by atoms with Crippen molar-refractivity contribution >= 4 is 61.1 Å². The predicted molar refractivity (Wildman–Crippen MR) is 210 cm³/mol. The monoisotopic (exact) mass is 794 g/mol. The fourth-order valence-corrected chi connectivity index (χ4v) is 17.8. The highest BCUT2D eigenvalue weighted by molar-refractivity contribution is 9.10. The molecule has 0 aliphatic heterocycles. The van der Waals surface area contributed by atoms with Crippen LogP contribution in [0.25, 0.3) is 0 Å². The highest BCUT2D eigenvalue weighted by Crippen LogP contribution is 2.43. The number of phenolic OH excluding ortho intramolecular Hbond substituents is 1. The van der Waals surface area contributed by atoms with Crippen molar-refractivity contribution in [2.45, 2.75) is 116 Å². The molecule has 0 saturated carbocycles. The Hall–Kier alpha value is -1.56. The average molecular weight is 797 g/mol. The van der Waals surface area contributed by atoms with E-state index in [4.69, 9.17) is 24.0 Å². The number of rotatable bonds is 11. The molecule has 3 rings (SSSR count). The molecule has 0 atom stereocenters. The zero-order valence-corrected chi connectivity index (χ0v) is 35.1. The van der Waals surface area contributed by atoms with Gasteiger partial charge in [-0.05, 0) is 99.4 Å². The van der Waals surface area contributed by atoms with E-state index in [1.807, 2.05) is 12.1 Å². The van der Waals surface area contributed by atoms with Gasteiger partial charge in [-0.2, -0.15) is 0 Å². The first-order valence-corrected chi connectivity index (χ1v) is 22.2. The molecule has 256 valence electrons. The van der Waals surface area contributed by atoms with Crippen LogP contribution in [-0.4, -0.2) is 38.9 Å².